The van der Waals surface area contributed by atoms with Gasteiger partial charge in [-0.05, 0) is 38.5 Å². The summed E-state index contributed by atoms with van der Waals surface area (Å²) in [4.78, 5) is 12.5. The smallest absolute Gasteiger partial charge is 0.253 e. The van der Waals surface area contributed by atoms with Crippen LogP contribution in [0.1, 0.15) is 30.6 Å². The van der Waals surface area contributed by atoms with Crippen molar-refractivity contribution in [2.75, 3.05) is 19.3 Å². The van der Waals surface area contributed by atoms with Crippen molar-refractivity contribution in [3.05, 3.63) is 48.3 Å². The number of hydrogen-bond donors (Lipinski definition) is 1. The zero-order valence-corrected chi connectivity index (χ0v) is 15.5. The van der Waals surface area contributed by atoms with Gasteiger partial charge < -0.3 is 5.32 Å². The summed E-state index contributed by atoms with van der Waals surface area (Å²) in [6.07, 6.45) is 5.17. The molecule has 0 spiro atoms. The summed E-state index contributed by atoms with van der Waals surface area (Å²) < 4.78 is 26.5. The fourth-order valence-corrected chi connectivity index (χ4v) is 3.84. The van der Waals surface area contributed by atoms with Gasteiger partial charge >= 0.3 is 0 Å². The number of hydrogen-bond acceptors (Lipinski definition) is 4. The van der Waals surface area contributed by atoms with Crippen LogP contribution in [0, 0.1) is 0 Å². The fourth-order valence-electron chi connectivity index (χ4n) is 2.62. The second kappa shape index (κ2) is 8.26. The molecule has 136 valence electrons. The topological polar surface area (TPSA) is 84.3 Å². The molecule has 0 radical (unpaired) electrons. The monoisotopic (exact) mass is 364 g/mol. The Bertz CT molecular complexity index is 801. The lowest BCUT2D eigenvalue weighted by molar-refractivity contribution is 0.0952. The van der Waals surface area contributed by atoms with Crippen molar-refractivity contribution in [3.8, 4) is 5.69 Å². The molecule has 0 saturated carbocycles. The maximum atomic E-state index is 12.5. The van der Waals surface area contributed by atoms with Gasteiger partial charge in [0, 0.05) is 31.5 Å². The van der Waals surface area contributed by atoms with E-state index in [4.69, 9.17) is 0 Å². The molecular formula is C17H24N4O3S. The minimum atomic E-state index is -3.24. The number of nitrogens with zero attached hydrogens (tertiary/aromatic N) is 3. The first kappa shape index (κ1) is 19.1. The lowest BCUT2D eigenvalue weighted by Crippen LogP contribution is -2.38. The molecule has 1 heterocycles. The molecule has 0 aliphatic carbocycles. The van der Waals surface area contributed by atoms with Crippen molar-refractivity contribution in [1.29, 1.82) is 0 Å². The van der Waals surface area contributed by atoms with Crippen molar-refractivity contribution in [2.24, 2.45) is 0 Å². The van der Waals surface area contributed by atoms with Gasteiger partial charge in [-0.1, -0.05) is 12.1 Å². The number of para-hydroxylation sites is 1. The van der Waals surface area contributed by atoms with Gasteiger partial charge in [-0.3, -0.25) is 4.79 Å². The molecule has 8 heteroatoms. The van der Waals surface area contributed by atoms with Gasteiger partial charge in [0.15, 0.2) is 0 Å². The molecule has 25 heavy (non-hydrogen) atoms. The van der Waals surface area contributed by atoms with E-state index in [-0.39, 0.29) is 11.9 Å². The van der Waals surface area contributed by atoms with E-state index < -0.39 is 10.0 Å². The Balaban J connectivity index is 1.96. The van der Waals surface area contributed by atoms with Gasteiger partial charge in [0.25, 0.3) is 5.91 Å². The Morgan fingerprint density at radius 1 is 1.28 bits per heavy atom. The predicted molar refractivity (Wildman–Crippen MR) is 97.2 cm³/mol. The van der Waals surface area contributed by atoms with Crippen LogP contribution in [0.5, 0.6) is 0 Å². The van der Waals surface area contributed by atoms with E-state index in [2.05, 4.69) is 10.4 Å². The van der Waals surface area contributed by atoms with E-state index >= 15 is 0 Å². The van der Waals surface area contributed by atoms with Crippen molar-refractivity contribution in [3.63, 3.8) is 0 Å². The van der Waals surface area contributed by atoms with Gasteiger partial charge in [0.1, 0.15) is 0 Å². The number of sulfonamides is 1. The molecule has 0 aliphatic heterocycles. The van der Waals surface area contributed by atoms with Crippen molar-refractivity contribution in [2.45, 2.75) is 26.3 Å². The summed E-state index contributed by atoms with van der Waals surface area (Å²) in [5.74, 6) is -0.207. The molecule has 0 atom stereocenters. The highest BCUT2D eigenvalue weighted by molar-refractivity contribution is 7.88. The molecule has 1 N–H and O–H groups in total. The van der Waals surface area contributed by atoms with Crippen LogP contribution in [-0.2, 0) is 10.0 Å². The van der Waals surface area contributed by atoms with Gasteiger partial charge in [0.2, 0.25) is 10.0 Å². The standard InChI is InChI=1S/C17H24N4O3S/c1-14(2)21(25(3,23)24)13-6-10-18-17(22)15-8-4-5-9-16(15)20-12-7-11-19-20/h4-5,7-9,11-12,14H,6,10,13H2,1-3H3,(H,18,22). The molecule has 1 aromatic carbocycles. The van der Waals surface area contributed by atoms with Gasteiger partial charge in [0.05, 0.1) is 17.5 Å². The van der Waals surface area contributed by atoms with E-state index in [0.29, 0.717) is 30.8 Å². The predicted octanol–water partition coefficient (Wildman–Crippen LogP) is 1.66. The van der Waals surface area contributed by atoms with E-state index in [1.807, 2.05) is 26.0 Å². The third kappa shape index (κ3) is 5.14. The van der Waals surface area contributed by atoms with E-state index in [1.165, 1.54) is 10.6 Å². The first-order valence-electron chi connectivity index (χ1n) is 8.14. The maximum absolute atomic E-state index is 12.5. The van der Waals surface area contributed by atoms with Crippen LogP contribution < -0.4 is 5.32 Å². The van der Waals surface area contributed by atoms with Crippen LogP contribution in [-0.4, -0.2) is 53.8 Å². The lowest BCUT2D eigenvalue weighted by atomic mass is 10.1. The van der Waals surface area contributed by atoms with Gasteiger partial charge in [-0.25, -0.2) is 13.1 Å². The summed E-state index contributed by atoms with van der Waals surface area (Å²) in [5.41, 5.74) is 1.22. The molecular weight excluding hydrogens is 340 g/mol. The van der Waals surface area contributed by atoms with Crippen LogP contribution in [0.2, 0.25) is 0 Å². The Kier molecular flexibility index (Phi) is 6.33. The zero-order valence-electron chi connectivity index (χ0n) is 14.7. The maximum Gasteiger partial charge on any atom is 0.253 e. The van der Waals surface area contributed by atoms with E-state index in [9.17, 15) is 13.2 Å². The fraction of sp³-hybridized carbons (Fsp3) is 0.412. The summed E-state index contributed by atoms with van der Waals surface area (Å²) >= 11 is 0. The number of carbonyl (C=O) groups excluding carboxylic acids is 1. The van der Waals surface area contributed by atoms with Crippen LogP contribution >= 0.6 is 0 Å². The van der Waals surface area contributed by atoms with Gasteiger partial charge in [-0.2, -0.15) is 9.40 Å². The highest BCUT2D eigenvalue weighted by Gasteiger charge is 2.19. The molecule has 0 aliphatic rings. The third-order valence-corrected chi connectivity index (χ3v) is 5.20. The van der Waals surface area contributed by atoms with Crippen LogP contribution in [0.25, 0.3) is 5.69 Å². The van der Waals surface area contributed by atoms with E-state index in [1.54, 1.807) is 35.3 Å². The Labute approximate surface area is 148 Å². The Hall–Kier alpha value is -2.19. The molecule has 2 rings (SSSR count). The molecule has 0 bridgehead atoms. The van der Waals surface area contributed by atoms with Crippen molar-refractivity contribution < 1.29 is 13.2 Å². The molecule has 1 aromatic heterocycles. The molecule has 0 unspecified atom stereocenters. The Morgan fingerprint density at radius 3 is 2.60 bits per heavy atom. The van der Waals surface area contributed by atoms with Crippen molar-refractivity contribution >= 4 is 15.9 Å². The second-order valence-electron chi connectivity index (χ2n) is 6.04. The molecule has 7 nitrogen and oxygen atoms in total. The molecule has 0 saturated heterocycles. The average Bonchev–Trinajstić information content (AvgIpc) is 3.07. The van der Waals surface area contributed by atoms with Crippen LogP contribution in [0.4, 0.5) is 0 Å². The molecule has 1 amide bonds. The number of nitrogens with one attached hydrogen (secondary N) is 1. The SMILES string of the molecule is CC(C)N(CCCNC(=O)c1ccccc1-n1cccn1)S(C)(=O)=O. The number of amides is 1. The Morgan fingerprint density at radius 2 is 2.00 bits per heavy atom. The van der Waals surface area contributed by atoms with Crippen molar-refractivity contribution in [1.82, 2.24) is 19.4 Å². The van der Waals surface area contributed by atoms with Crippen LogP contribution in [0.3, 0.4) is 0 Å². The quantitative estimate of drug-likeness (QED) is 0.722. The first-order valence-corrected chi connectivity index (χ1v) is 9.99. The molecule has 2 aromatic rings. The number of benzene rings is 1. The second-order valence-corrected chi connectivity index (χ2v) is 7.98. The van der Waals surface area contributed by atoms with Gasteiger partial charge in [-0.15, -0.1) is 0 Å². The average molecular weight is 364 g/mol. The third-order valence-electron chi connectivity index (χ3n) is 3.74. The number of rotatable bonds is 8. The first-order chi connectivity index (χ1) is 11.8. The summed E-state index contributed by atoms with van der Waals surface area (Å²) in [7, 11) is -3.24. The highest BCUT2D eigenvalue weighted by atomic mass is 32.2. The van der Waals surface area contributed by atoms with E-state index in [0.717, 1.165) is 0 Å². The summed E-state index contributed by atoms with van der Waals surface area (Å²) in [5, 5.41) is 7.00. The highest BCUT2D eigenvalue weighted by Crippen LogP contribution is 2.13. The summed E-state index contributed by atoms with van der Waals surface area (Å²) in [6, 6.07) is 8.90. The minimum absolute atomic E-state index is 0.105. The lowest BCUT2D eigenvalue weighted by Gasteiger charge is -2.23. The van der Waals surface area contributed by atoms with Crippen LogP contribution in [0.15, 0.2) is 42.7 Å². The number of carbonyl (C=O) groups is 1. The summed E-state index contributed by atoms with van der Waals surface area (Å²) in [6.45, 7) is 4.43. The minimum Gasteiger partial charge on any atom is -0.352 e. The largest absolute Gasteiger partial charge is 0.352 e. The number of aromatic nitrogens is 2. The molecule has 0 fully saturated rings. The normalized spacial score (nSPS) is 11.9. The zero-order chi connectivity index (χ0) is 18.4.